The number of aryl methyl sites for hydroxylation is 1. The number of hydrogen-bond donors (Lipinski definition) is 1. The smallest absolute Gasteiger partial charge is 0.338 e. The molecule has 3 aromatic rings. The third kappa shape index (κ3) is 3.79. The van der Waals surface area contributed by atoms with Gasteiger partial charge in [0.2, 0.25) is 5.95 Å². The molecule has 0 amide bonds. The Bertz CT molecular complexity index is 1200. The van der Waals surface area contributed by atoms with Gasteiger partial charge in [-0.05, 0) is 44.5 Å². The zero-order valence-electron chi connectivity index (χ0n) is 18.8. The lowest BCUT2D eigenvalue weighted by Gasteiger charge is -2.28. The highest BCUT2D eigenvalue weighted by molar-refractivity contribution is 5.92. The monoisotopic (exact) mass is 434 g/mol. The van der Waals surface area contributed by atoms with Gasteiger partial charge in [0.15, 0.2) is 17.3 Å². The lowest BCUT2D eigenvalue weighted by atomic mass is 9.95. The summed E-state index contributed by atoms with van der Waals surface area (Å²) in [5, 5.41) is 7.99. The van der Waals surface area contributed by atoms with Crippen molar-refractivity contribution >= 4 is 11.9 Å². The quantitative estimate of drug-likeness (QED) is 0.584. The molecule has 1 unspecified atom stereocenters. The van der Waals surface area contributed by atoms with Gasteiger partial charge in [0.1, 0.15) is 6.04 Å². The largest absolute Gasteiger partial charge is 0.493 e. The molecule has 1 aliphatic heterocycles. The Kier molecular flexibility index (Phi) is 5.85. The Labute approximate surface area is 186 Å². The first-order chi connectivity index (χ1) is 15.5. The number of hydrogen-bond acceptors (Lipinski definition) is 7. The number of rotatable bonds is 6. The van der Waals surface area contributed by atoms with Crippen molar-refractivity contribution < 1.29 is 19.0 Å². The third-order valence-electron chi connectivity index (χ3n) is 5.35. The van der Waals surface area contributed by atoms with Crippen molar-refractivity contribution in [3.05, 3.63) is 64.9 Å². The molecule has 0 fully saturated rings. The third-order valence-corrected chi connectivity index (χ3v) is 5.35. The van der Waals surface area contributed by atoms with Crippen LogP contribution in [0.4, 0.5) is 5.95 Å². The maximum Gasteiger partial charge on any atom is 0.338 e. The number of methoxy groups -OCH3 is 2. The number of nitrogens with one attached hydrogen (secondary N) is 1. The number of allylic oxidation sites excluding steroid dienone is 1. The lowest BCUT2D eigenvalue weighted by molar-refractivity contribution is -0.139. The number of ether oxygens (including phenoxy) is 3. The number of fused-ring (bicyclic) bond motifs is 1. The van der Waals surface area contributed by atoms with Crippen LogP contribution in [0.3, 0.4) is 0 Å². The minimum atomic E-state index is -0.545. The second-order valence-electron chi connectivity index (χ2n) is 7.47. The fourth-order valence-corrected chi connectivity index (χ4v) is 3.86. The van der Waals surface area contributed by atoms with Crippen LogP contribution in [0.25, 0.3) is 11.4 Å². The van der Waals surface area contributed by atoms with Gasteiger partial charge in [-0.2, -0.15) is 4.98 Å². The van der Waals surface area contributed by atoms with E-state index in [0.717, 1.165) is 16.7 Å². The van der Waals surface area contributed by atoms with Crippen molar-refractivity contribution in [1.82, 2.24) is 14.8 Å². The van der Waals surface area contributed by atoms with Crippen LogP contribution in [0.1, 0.15) is 31.0 Å². The van der Waals surface area contributed by atoms with Crippen LogP contribution in [0, 0.1) is 6.92 Å². The average molecular weight is 434 g/mol. The molecule has 0 saturated heterocycles. The standard InChI is InChI=1S/C24H26N4O4/c1-6-32-23(29)20-15(3)25-24-26-22(17-9-7-8-14(2)12-17)27-28(24)21(20)16-10-11-18(30-4)19(13-16)31-5/h7-13,21H,6H2,1-5H3,(H,25,26,27). The molecule has 0 bridgehead atoms. The average Bonchev–Trinajstić information content (AvgIpc) is 3.21. The Morgan fingerprint density at radius 2 is 1.88 bits per heavy atom. The first-order valence-electron chi connectivity index (χ1n) is 10.4. The Morgan fingerprint density at radius 3 is 2.56 bits per heavy atom. The van der Waals surface area contributed by atoms with Crippen LogP contribution in [0.2, 0.25) is 0 Å². The molecular formula is C24H26N4O4. The summed E-state index contributed by atoms with van der Waals surface area (Å²) in [5.74, 6) is 1.87. The van der Waals surface area contributed by atoms with Gasteiger partial charge >= 0.3 is 5.97 Å². The molecule has 2 aromatic carbocycles. The van der Waals surface area contributed by atoms with Gasteiger partial charge in [-0.3, -0.25) is 0 Å². The number of esters is 1. The zero-order chi connectivity index (χ0) is 22.8. The van der Waals surface area contributed by atoms with Gasteiger partial charge in [0, 0.05) is 11.3 Å². The summed E-state index contributed by atoms with van der Waals surface area (Å²) in [6.07, 6.45) is 0. The molecular weight excluding hydrogens is 408 g/mol. The Balaban J connectivity index is 1.89. The molecule has 1 aliphatic rings. The van der Waals surface area contributed by atoms with E-state index in [1.807, 2.05) is 56.3 Å². The molecule has 0 aliphatic carbocycles. The molecule has 0 saturated carbocycles. The van der Waals surface area contributed by atoms with Crippen molar-refractivity contribution in [1.29, 1.82) is 0 Å². The summed E-state index contributed by atoms with van der Waals surface area (Å²) >= 11 is 0. The van der Waals surface area contributed by atoms with Gasteiger partial charge < -0.3 is 19.5 Å². The van der Waals surface area contributed by atoms with E-state index in [-0.39, 0.29) is 6.61 Å². The number of carbonyl (C=O) groups is 1. The summed E-state index contributed by atoms with van der Waals surface area (Å²) in [4.78, 5) is 17.7. The lowest BCUT2D eigenvalue weighted by Crippen LogP contribution is -2.29. The SMILES string of the molecule is CCOC(=O)C1=C(C)Nc2nc(-c3cccc(C)c3)nn2C1c1ccc(OC)c(OC)c1. The molecule has 2 heterocycles. The fraction of sp³-hybridized carbons (Fsp3) is 0.292. The van der Waals surface area contributed by atoms with Crippen LogP contribution in [0.15, 0.2) is 53.7 Å². The van der Waals surface area contributed by atoms with E-state index in [1.54, 1.807) is 25.8 Å². The normalized spacial score (nSPS) is 15.1. The Hall–Kier alpha value is -3.81. The minimum Gasteiger partial charge on any atom is -0.493 e. The van der Waals surface area contributed by atoms with E-state index < -0.39 is 12.0 Å². The van der Waals surface area contributed by atoms with Gasteiger partial charge in [-0.25, -0.2) is 9.48 Å². The van der Waals surface area contributed by atoms with Gasteiger partial charge in [-0.15, -0.1) is 5.10 Å². The topological polar surface area (TPSA) is 87.5 Å². The highest BCUT2D eigenvalue weighted by Gasteiger charge is 2.35. The van der Waals surface area contributed by atoms with Crippen LogP contribution >= 0.6 is 0 Å². The predicted octanol–water partition coefficient (Wildman–Crippen LogP) is 4.12. The fourth-order valence-electron chi connectivity index (χ4n) is 3.86. The molecule has 4 rings (SSSR count). The molecule has 8 heteroatoms. The van der Waals surface area contributed by atoms with Crippen molar-refractivity contribution in [3.63, 3.8) is 0 Å². The molecule has 0 spiro atoms. The highest BCUT2D eigenvalue weighted by atomic mass is 16.5. The summed E-state index contributed by atoms with van der Waals surface area (Å²) in [6, 6.07) is 13.0. The summed E-state index contributed by atoms with van der Waals surface area (Å²) in [7, 11) is 3.16. The maximum absolute atomic E-state index is 13.0. The van der Waals surface area contributed by atoms with Crippen LogP contribution in [-0.4, -0.2) is 41.6 Å². The highest BCUT2D eigenvalue weighted by Crippen LogP contribution is 2.39. The van der Waals surface area contributed by atoms with Crippen LogP contribution < -0.4 is 14.8 Å². The van der Waals surface area contributed by atoms with Crippen molar-refractivity contribution in [3.8, 4) is 22.9 Å². The molecule has 1 atom stereocenters. The van der Waals surface area contributed by atoms with E-state index in [9.17, 15) is 4.79 Å². The summed E-state index contributed by atoms with van der Waals surface area (Å²) < 4.78 is 18.0. The van der Waals surface area contributed by atoms with E-state index >= 15 is 0 Å². The van der Waals surface area contributed by atoms with E-state index in [1.165, 1.54) is 0 Å². The number of aromatic nitrogens is 3. The van der Waals surface area contributed by atoms with Crippen molar-refractivity contribution in [2.75, 3.05) is 26.1 Å². The van der Waals surface area contributed by atoms with Gasteiger partial charge in [0.05, 0.1) is 26.4 Å². The summed E-state index contributed by atoms with van der Waals surface area (Å²) in [5.41, 5.74) is 3.94. The second kappa shape index (κ2) is 8.74. The van der Waals surface area contributed by atoms with Crippen molar-refractivity contribution in [2.45, 2.75) is 26.8 Å². The molecule has 32 heavy (non-hydrogen) atoms. The number of benzene rings is 2. The molecule has 166 valence electrons. The molecule has 8 nitrogen and oxygen atoms in total. The van der Waals surface area contributed by atoms with Crippen molar-refractivity contribution in [2.24, 2.45) is 0 Å². The number of anilines is 1. The predicted molar refractivity (Wildman–Crippen MR) is 121 cm³/mol. The zero-order valence-corrected chi connectivity index (χ0v) is 18.8. The van der Waals surface area contributed by atoms with Crippen LogP contribution in [0.5, 0.6) is 11.5 Å². The van der Waals surface area contributed by atoms with E-state index in [2.05, 4.69) is 5.32 Å². The molecule has 1 aromatic heterocycles. The maximum atomic E-state index is 13.0. The van der Waals surface area contributed by atoms with Crippen LogP contribution in [-0.2, 0) is 9.53 Å². The first kappa shape index (κ1) is 21.4. The number of nitrogens with zero attached hydrogens (tertiary/aromatic N) is 3. The molecule has 0 radical (unpaired) electrons. The second-order valence-corrected chi connectivity index (χ2v) is 7.47. The summed E-state index contributed by atoms with van der Waals surface area (Å²) in [6.45, 7) is 5.92. The van der Waals surface area contributed by atoms with E-state index in [4.69, 9.17) is 24.3 Å². The van der Waals surface area contributed by atoms with E-state index in [0.29, 0.717) is 34.5 Å². The molecule has 1 N–H and O–H groups in total. The Morgan fingerprint density at radius 1 is 1.09 bits per heavy atom. The van der Waals surface area contributed by atoms with Gasteiger partial charge in [-0.1, -0.05) is 29.8 Å². The minimum absolute atomic E-state index is 0.271. The number of carbonyl (C=O) groups excluding carboxylic acids is 1. The van der Waals surface area contributed by atoms with Gasteiger partial charge in [0.25, 0.3) is 0 Å². The first-order valence-corrected chi connectivity index (χ1v) is 10.4.